The fourth-order valence-corrected chi connectivity index (χ4v) is 3.85. The van der Waals surface area contributed by atoms with Gasteiger partial charge in [0.25, 0.3) is 0 Å². The normalized spacial score (nSPS) is 16.5. The standard InChI is InChI=1S/C15H20N4S/c1-11-10-12(2)19(18-11)14-8-9-15(17-16-14)20-13-6-4-3-5-7-13/h8-10,13H,3-7H2,1-2H3. The molecule has 3 rings (SSSR count). The zero-order valence-electron chi connectivity index (χ0n) is 12.0. The van der Waals surface area contributed by atoms with Crippen molar-refractivity contribution in [1.82, 2.24) is 20.0 Å². The van der Waals surface area contributed by atoms with Crippen LogP contribution in [0.15, 0.2) is 23.2 Å². The van der Waals surface area contributed by atoms with Gasteiger partial charge in [-0.05, 0) is 44.9 Å². The summed E-state index contributed by atoms with van der Waals surface area (Å²) in [4.78, 5) is 0. The maximum absolute atomic E-state index is 4.43. The molecule has 106 valence electrons. The Kier molecular flexibility index (Phi) is 4.05. The minimum atomic E-state index is 0.720. The summed E-state index contributed by atoms with van der Waals surface area (Å²) >= 11 is 1.87. The van der Waals surface area contributed by atoms with Gasteiger partial charge in [0, 0.05) is 10.9 Å². The molecule has 1 saturated carbocycles. The van der Waals surface area contributed by atoms with Gasteiger partial charge in [0.2, 0.25) is 0 Å². The lowest BCUT2D eigenvalue weighted by Crippen LogP contribution is -2.09. The largest absolute Gasteiger partial charge is 0.218 e. The van der Waals surface area contributed by atoms with Crippen molar-refractivity contribution in [2.45, 2.75) is 56.2 Å². The van der Waals surface area contributed by atoms with Gasteiger partial charge in [0.05, 0.1) is 5.69 Å². The van der Waals surface area contributed by atoms with Crippen molar-refractivity contribution >= 4 is 11.8 Å². The van der Waals surface area contributed by atoms with E-state index in [0.717, 1.165) is 27.5 Å². The Morgan fingerprint density at radius 2 is 1.90 bits per heavy atom. The van der Waals surface area contributed by atoms with Crippen LogP contribution in [0.1, 0.15) is 43.5 Å². The fourth-order valence-electron chi connectivity index (χ4n) is 2.70. The van der Waals surface area contributed by atoms with Crippen molar-refractivity contribution in [2.75, 3.05) is 0 Å². The SMILES string of the molecule is Cc1cc(C)n(-c2ccc(SC3CCCCC3)nn2)n1. The second kappa shape index (κ2) is 5.95. The average molecular weight is 288 g/mol. The molecule has 0 N–H and O–H groups in total. The van der Waals surface area contributed by atoms with E-state index in [1.54, 1.807) is 0 Å². The van der Waals surface area contributed by atoms with Gasteiger partial charge in [0.15, 0.2) is 5.82 Å². The Hall–Kier alpha value is -1.36. The summed E-state index contributed by atoms with van der Waals surface area (Å²) in [6, 6.07) is 6.13. The van der Waals surface area contributed by atoms with Crippen LogP contribution in [0.5, 0.6) is 0 Å². The highest BCUT2D eigenvalue weighted by atomic mass is 32.2. The molecule has 0 unspecified atom stereocenters. The average Bonchev–Trinajstić information content (AvgIpc) is 2.80. The molecule has 4 nitrogen and oxygen atoms in total. The third kappa shape index (κ3) is 3.03. The van der Waals surface area contributed by atoms with E-state index in [2.05, 4.69) is 21.4 Å². The third-order valence-corrected chi connectivity index (χ3v) is 4.96. The van der Waals surface area contributed by atoms with Crippen LogP contribution in [-0.4, -0.2) is 25.2 Å². The Morgan fingerprint density at radius 1 is 1.10 bits per heavy atom. The second-order valence-corrected chi connectivity index (χ2v) is 6.77. The van der Waals surface area contributed by atoms with Crippen LogP contribution in [-0.2, 0) is 0 Å². The molecule has 0 aliphatic heterocycles. The number of hydrogen-bond donors (Lipinski definition) is 0. The first-order chi connectivity index (χ1) is 9.72. The van der Waals surface area contributed by atoms with E-state index < -0.39 is 0 Å². The monoisotopic (exact) mass is 288 g/mol. The molecule has 20 heavy (non-hydrogen) atoms. The predicted octanol–water partition coefficient (Wildman–Crippen LogP) is 3.70. The predicted molar refractivity (Wildman–Crippen MR) is 81.4 cm³/mol. The van der Waals surface area contributed by atoms with E-state index in [-0.39, 0.29) is 0 Å². The van der Waals surface area contributed by atoms with Crippen molar-refractivity contribution < 1.29 is 0 Å². The maximum Gasteiger partial charge on any atom is 0.175 e. The van der Waals surface area contributed by atoms with Crippen LogP contribution in [0.2, 0.25) is 0 Å². The molecular formula is C15H20N4S. The lowest BCUT2D eigenvalue weighted by Gasteiger charge is -2.20. The molecule has 0 aromatic carbocycles. The van der Waals surface area contributed by atoms with Crippen molar-refractivity contribution in [3.8, 4) is 5.82 Å². The van der Waals surface area contributed by atoms with Gasteiger partial charge in [-0.3, -0.25) is 0 Å². The Balaban J connectivity index is 1.72. The van der Waals surface area contributed by atoms with Crippen molar-refractivity contribution in [3.05, 3.63) is 29.6 Å². The van der Waals surface area contributed by atoms with Crippen LogP contribution < -0.4 is 0 Å². The molecule has 1 aliphatic rings. The van der Waals surface area contributed by atoms with Gasteiger partial charge in [-0.15, -0.1) is 22.0 Å². The highest BCUT2D eigenvalue weighted by Gasteiger charge is 2.15. The minimum absolute atomic E-state index is 0.720. The minimum Gasteiger partial charge on any atom is -0.218 e. The zero-order chi connectivity index (χ0) is 13.9. The number of nitrogens with zero attached hydrogens (tertiary/aromatic N) is 4. The lowest BCUT2D eigenvalue weighted by molar-refractivity contribution is 0.515. The number of rotatable bonds is 3. The van der Waals surface area contributed by atoms with E-state index in [1.807, 2.05) is 42.4 Å². The summed E-state index contributed by atoms with van der Waals surface area (Å²) in [6.07, 6.45) is 6.72. The summed E-state index contributed by atoms with van der Waals surface area (Å²) < 4.78 is 1.84. The summed E-state index contributed by atoms with van der Waals surface area (Å²) in [7, 11) is 0. The molecule has 0 saturated heterocycles. The van der Waals surface area contributed by atoms with E-state index in [0.29, 0.717) is 0 Å². The van der Waals surface area contributed by atoms with Gasteiger partial charge < -0.3 is 0 Å². The second-order valence-electron chi connectivity index (χ2n) is 5.45. The van der Waals surface area contributed by atoms with Crippen molar-refractivity contribution in [1.29, 1.82) is 0 Å². The summed E-state index contributed by atoms with van der Waals surface area (Å²) in [5.74, 6) is 0.795. The Labute approximate surface area is 124 Å². The zero-order valence-corrected chi connectivity index (χ0v) is 12.9. The molecule has 0 radical (unpaired) electrons. The maximum atomic E-state index is 4.43. The highest BCUT2D eigenvalue weighted by molar-refractivity contribution is 7.99. The summed E-state index contributed by atoms with van der Waals surface area (Å²) in [5, 5.41) is 14.9. The van der Waals surface area contributed by atoms with Crippen molar-refractivity contribution in [2.24, 2.45) is 0 Å². The van der Waals surface area contributed by atoms with Gasteiger partial charge >= 0.3 is 0 Å². The molecule has 2 aromatic heterocycles. The smallest absolute Gasteiger partial charge is 0.175 e. The van der Waals surface area contributed by atoms with Gasteiger partial charge in [0.1, 0.15) is 5.03 Å². The summed E-state index contributed by atoms with van der Waals surface area (Å²) in [5.41, 5.74) is 2.09. The van der Waals surface area contributed by atoms with Gasteiger partial charge in [-0.25, -0.2) is 4.68 Å². The molecule has 0 atom stereocenters. The van der Waals surface area contributed by atoms with Crippen LogP contribution in [0.4, 0.5) is 0 Å². The lowest BCUT2D eigenvalue weighted by atomic mass is 10.0. The summed E-state index contributed by atoms with van der Waals surface area (Å²) in [6.45, 7) is 4.02. The highest BCUT2D eigenvalue weighted by Crippen LogP contribution is 2.32. The first kappa shape index (κ1) is 13.6. The molecule has 5 heteroatoms. The fraction of sp³-hybridized carbons (Fsp3) is 0.533. The molecule has 2 aromatic rings. The van der Waals surface area contributed by atoms with E-state index in [4.69, 9.17) is 0 Å². The number of hydrogen-bond acceptors (Lipinski definition) is 4. The van der Waals surface area contributed by atoms with Gasteiger partial charge in [-0.2, -0.15) is 5.10 Å². The quantitative estimate of drug-likeness (QED) is 0.863. The van der Waals surface area contributed by atoms with Crippen LogP contribution in [0.3, 0.4) is 0 Å². The van der Waals surface area contributed by atoms with Crippen LogP contribution in [0.25, 0.3) is 5.82 Å². The molecule has 1 aliphatic carbocycles. The van der Waals surface area contributed by atoms with Gasteiger partial charge in [-0.1, -0.05) is 19.3 Å². The van der Waals surface area contributed by atoms with E-state index >= 15 is 0 Å². The number of thioether (sulfide) groups is 1. The molecule has 0 amide bonds. The number of aromatic nitrogens is 4. The Morgan fingerprint density at radius 3 is 2.50 bits per heavy atom. The first-order valence-electron chi connectivity index (χ1n) is 7.26. The molecule has 1 fully saturated rings. The van der Waals surface area contributed by atoms with Crippen LogP contribution in [0, 0.1) is 13.8 Å². The van der Waals surface area contributed by atoms with Crippen LogP contribution >= 0.6 is 11.8 Å². The molecule has 0 spiro atoms. The molecule has 0 bridgehead atoms. The van der Waals surface area contributed by atoms with Crippen molar-refractivity contribution in [3.63, 3.8) is 0 Å². The Bertz CT molecular complexity index is 570. The molecular weight excluding hydrogens is 268 g/mol. The first-order valence-corrected chi connectivity index (χ1v) is 8.14. The molecule has 2 heterocycles. The number of aryl methyl sites for hydroxylation is 2. The van der Waals surface area contributed by atoms with E-state index in [9.17, 15) is 0 Å². The third-order valence-electron chi connectivity index (χ3n) is 3.69. The van der Waals surface area contributed by atoms with E-state index in [1.165, 1.54) is 32.1 Å². The topological polar surface area (TPSA) is 43.6 Å².